The van der Waals surface area contributed by atoms with Gasteiger partial charge >= 0.3 is 0 Å². The van der Waals surface area contributed by atoms with E-state index in [9.17, 15) is 0 Å². The zero-order valence-corrected chi connectivity index (χ0v) is 12.2. The van der Waals surface area contributed by atoms with Crippen LogP contribution in [-0.2, 0) is 0 Å². The summed E-state index contributed by atoms with van der Waals surface area (Å²) in [6.07, 6.45) is 4.72. The van der Waals surface area contributed by atoms with Crippen molar-refractivity contribution in [2.24, 2.45) is 5.92 Å². The molecular formula is C15H18ClN3O. The van der Waals surface area contributed by atoms with Crippen LogP contribution in [0.2, 0.25) is 5.02 Å². The van der Waals surface area contributed by atoms with Crippen LogP contribution in [0, 0.1) is 5.92 Å². The van der Waals surface area contributed by atoms with E-state index in [4.69, 9.17) is 21.9 Å². The first-order chi connectivity index (χ1) is 9.63. The van der Waals surface area contributed by atoms with Gasteiger partial charge in [-0.1, -0.05) is 36.5 Å². The highest BCUT2D eigenvalue weighted by atomic mass is 35.5. The lowest BCUT2D eigenvalue weighted by atomic mass is 9.83. The summed E-state index contributed by atoms with van der Waals surface area (Å²) in [6, 6.07) is 5.27. The first-order valence-corrected chi connectivity index (χ1v) is 7.40. The quantitative estimate of drug-likeness (QED) is 0.839. The number of rotatable bonds is 2. The molecule has 0 saturated heterocycles. The number of benzene rings is 1. The Morgan fingerprint density at radius 3 is 2.75 bits per heavy atom. The highest BCUT2D eigenvalue weighted by Crippen LogP contribution is 2.35. The van der Waals surface area contributed by atoms with Crippen molar-refractivity contribution >= 4 is 17.3 Å². The molecule has 1 aromatic carbocycles. The normalized spacial score (nSPS) is 22.9. The molecule has 0 atom stereocenters. The lowest BCUT2D eigenvalue weighted by Crippen LogP contribution is -2.11. The van der Waals surface area contributed by atoms with E-state index in [1.54, 1.807) is 18.2 Å². The van der Waals surface area contributed by atoms with Gasteiger partial charge in [-0.3, -0.25) is 0 Å². The molecule has 0 spiro atoms. The van der Waals surface area contributed by atoms with Gasteiger partial charge < -0.3 is 10.3 Å². The molecule has 1 aliphatic carbocycles. The van der Waals surface area contributed by atoms with Crippen molar-refractivity contribution in [2.45, 2.75) is 38.5 Å². The molecule has 0 unspecified atom stereocenters. The van der Waals surface area contributed by atoms with Gasteiger partial charge in [0.1, 0.15) is 0 Å². The van der Waals surface area contributed by atoms with Gasteiger partial charge in [0, 0.05) is 16.6 Å². The van der Waals surface area contributed by atoms with E-state index in [1.807, 2.05) is 0 Å². The number of hydrogen-bond donors (Lipinski definition) is 1. The minimum atomic E-state index is 0.407. The van der Waals surface area contributed by atoms with Crippen LogP contribution < -0.4 is 5.73 Å². The Morgan fingerprint density at radius 1 is 1.25 bits per heavy atom. The van der Waals surface area contributed by atoms with E-state index in [2.05, 4.69) is 17.1 Å². The van der Waals surface area contributed by atoms with Gasteiger partial charge in [-0.15, -0.1) is 0 Å². The van der Waals surface area contributed by atoms with Crippen LogP contribution in [0.4, 0.5) is 5.69 Å². The molecule has 2 aromatic rings. The van der Waals surface area contributed by atoms with Crippen LogP contribution in [0.15, 0.2) is 22.7 Å². The SMILES string of the molecule is CC1CCC(c2noc(-c3cc(Cl)ccc3N)n2)CC1. The van der Waals surface area contributed by atoms with E-state index in [-0.39, 0.29) is 0 Å². The second kappa shape index (κ2) is 5.44. The van der Waals surface area contributed by atoms with E-state index in [0.717, 1.165) is 24.6 Å². The van der Waals surface area contributed by atoms with Crippen molar-refractivity contribution in [2.75, 3.05) is 5.73 Å². The average molecular weight is 292 g/mol. The molecule has 3 rings (SSSR count). The highest BCUT2D eigenvalue weighted by molar-refractivity contribution is 6.31. The Labute approximate surface area is 123 Å². The standard InChI is InChI=1S/C15H18ClN3O/c1-9-2-4-10(5-3-9)14-18-15(20-19-14)12-8-11(16)6-7-13(12)17/h6-10H,2-5,17H2,1H3. The van der Waals surface area contributed by atoms with Gasteiger partial charge in [0.15, 0.2) is 5.82 Å². The van der Waals surface area contributed by atoms with Gasteiger partial charge in [-0.05, 0) is 37.0 Å². The number of anilines is 1. The minimum absolute atomic E-state index is 0.407. The fraction of sp³-hybridized carbons (Fsp3) is 0.467. The lowest BCUT2D eigenvalue weighted by Gasteiger charge is -2.23. The van der Waals surface area contributed by atoms with Crippen LogP contribution in [0.1, 0.15) is 44.3 Å². The van der Waals surface area contributed by atoms with Crippen LogP contribution in [0.3, 0.4) is 0 Å². The second-order valence-corrected chi connectivity index (χ2v) is 6.08. The smallest absolute Gasteiger partial charge is 0.260 e. The number of nitrogens with two attached hydrogens (primary N) is 1. The number of halogens is 1. The molecule has 5 heteroatoms. The second-order valence-electron chi connectivity index (χ2n) is 5.65. The van der Waals surface area contributed by atoms with E-state index in [1.165, 1.54) is 12.8 Å². The molecule has 0 amide bonds. The predicted molar refractivity (Wildman–Crippen MR) is 79.5 cm³/mol. The minimum Gasteiger partial charge on any atom is -0.398 e. The van der Waals surface area contributed by atoms with E-state index < -0.39 is 0 Å². The summed E-state index contributed by atoms with van der Waals surface area (Å²) in [7, 11) is 0. The summed E-state index contributed by atoms with van der Waals surface area (Å²) in [4.78, 5) is 4.51. The van der Waals surface area contributed by atoms with Gasteiger partial charge in [0.05, 0.1) is 5.56 Å². The van der Waals surface area contributed by atoms with Gasteiger partial charge in [-0.2, -0.15) is 4.98 Å². The van der Waals surface area contributed by atoms with Crippen LogP contribution >= 0.6 is 11.6 Å². The molecule has 4 nitrogen and oxygen atoms in total. The van der Waals surface area contributed by atoms with Crippen molar-refractivity contribution in [1.82, 2.24) is 10.1 Å². The summed E-state index contributed by atoms with van der Waals surface area (Å²) in [6.45, 7) is 2.30. The Hall–Kier alpha value is -1.55. The number of nitrogens with zero attached hydrogens (tertiary/aromatic N) is 2. The van der Waals surface area contributed by atoms with E-state index in [0.29, 0.717) is 28.1 Å². The molecule has 1 fully saturated rings. The molecule has 0 aliphatic heterocycles. The molecule has 0 radical (unpaired) electrons. The van der Waals surface area contributed by atoms with Crippen molar-refractivity contribution in [3.63, 3.8) is 0 Å². The van der Waals surface area contributed by atoms with Crippen molar-refractivity contribution in [3.05, 3.63) is 29.0 Å². The summed E-state index contributed by atoms with van der Waals surface area (Å²) in [5.74, 6) is 2.47. The Bertz CT molecular complexity index is 603. The Kier molecular flexibility index (Phi) is 3.66. The fourth-order valence-electron chi connectivity index (χ4n) is 2.74. The summed E-state index contributed by atoms with van der Waals surface area (Å²) >= 11 is 5.99. The van der Waals surface area contributed by atoms with Crippen LogP contribution in [-0.4, -0.2) is 10.1 Å². The molecule has 20 heavy (non-hydrogen) atoms. The Morgan fingerprint density at radius 2 is 2.00 bits per heavy atom. The van der Waals surface area contributed by atoms with Crippen molar-refractivity contribution < 1.29 is 4.52 Å². The fourth-order valence-corrected chi connectivity index (χ4v) is 2.91. The third-order valence-corrected chi connectivity index (χ3v) is 4.30. The average Bonchev–Trinajstić information content (AvgIpc) is 2.92. The molecular weight excluding hydrogens is 274 g/mol. The number of nitrogen functional groups attached to an aromatic ring is 1. The third-order valence-electron chi connectivity index (χ3n) is 4.07. The maximum absolute atomic E-state index is 5.99. The summed E-state index contributed by atoms with van der Waals surface area (Å²) < 4.78 is 5.37. The molecule has 1 heterocycles. The summed E-state index contributed by atoms with van der Waals surface area (Å²) in [5.41, 5.74) is 7.25. The van der Waals surface area contributed by atoms with Crippen molar-refractivity contribution in [3.8, 4) is 11.5 Å². The first-order valence-electron chi connectivity index (χ1n) is 7.02. The van der Waals surface area contributed by atoms with Gasteiger partial charge in [0.25, 0.3) is 5.89 Å². The maximum atomic E-state index is 5.99. The molecule has 1 aromatic heterocycles. The topological polar surface area (TPSA) is 64.9 Å². The maximum Gasteiger partial charge on any atom is 0.260 e. The monoisotopic (exact) mass is 291 g/mol. The van der Waals surface area contributed by atoms with Crippen LogP contribution in [0.5, 0.6) is 0 Å². The van der Waals surface area contributed by atoms with Crippen LogP contribution in [0.25, 0.3) is 11.5 Å². The van der Waals surface area contributed by atoms with E-state index >= 15 is 0 Å². The third kappa shape index (κ3) is 2.66. The zero-order valence-electron chi connectivity index (χ0n) is 11.5. The molecule has 0 bridgehead atoms. The zero-order chi connectivity index (χ0) is 14.1. The first kappa shape index (κ1) is 13.4. The van der Waals surface area contributed by atoms with Gasteiger partial charge in [-0.25, -0.2) is 0 Å². The molecule has 2 N–H and O–H groups in total. The molecule has 1 aliphatic rings. The molecule has 106 valence electrons. The highest BCUT2D eigenvalue weighted by Gasteiger charge is 2.24. The largest absolute Gasteiger partial charge is 0.398 e. The van der Waals surface area contributed by atoms with Crippen molar-refractivity contribution in [1.29, 1.82) is 0 Å². The number of hydrogen-bond acceptors (Lipinski definition) is 4. The number of aromatic nitrogens is 2. The lowest BCUT2D eigenvalue weighted by molar-refractivity contribution is 0.329. The van der Waals surface area contributed by atoms with Gasteiger partial charge in [0.2, 0.25) is 0 Å². The Balaban J connectivity index is 1.85. The summed E-state index contributed by atoms with van der Waals surface area (Å²) in [5, 5.41) is 4.74. The predicted octanol–water partition coefficient (Wildman–Crippen LogP) is 4.27. The molecule has 1 saturated carbocycles.